The summed E-state index contributed by atoms with van der Waals surface area (Å²) < 4.78 is 13.4. The number of ketones is 1. The number of carbonyl (C=O) groups excluding carboxylic acids is 2. The Morgan fingerprint density at radius 2 is 1.80 bits per heavy atom. The molecule has 1 saturated carbocycles. The van der Waals surface area contributed by atoms with E-state index in [1.807, 2.05) is 13.8 Å². The van der Waals surface area contributed by atoms with E-state index in [2.05, 4.69) is 10.3 Å². The van der Waals surface area contributed by atoms with E-state index >= 15 is 0 Å². The Balaban J connectivity index is 1.64. The van der Waals surface area contributed by atoms with Crippen molar-refractivity contribution in [2.24, 2.45) is 11.3 Å². The molecule has 0 spiro atoms. The fraction of sp³-hybridized carbons (Fsp3) is 0.458. The van der Waals surface area contributed by atoms with Crippen molar-refractivity contribution in [2.45, 2.75) is 58.4 Å². The lowest BCUT2D eigenvalue weighted by Gasteiger charge is -2.30. The molecule has 4 rings (SSSR count). The number of fused-ring (bicyclic) bond motifs is 1. The summed E-state index contributed by atoms with van der Waals surface area (Å²) in [5, 5.41) is 3.00. The molecule has 158 valence electrons. The van der Waals surface area contributed by atoms with Gasteiger partial charge in [-0.2, -0.15) is 0 Å². The summed E-state index contributed by atoms with van der Waals surface area (Å²) in [6.45, 7) is 3.98. The number of H-pyrrole nitrogens is 1. The van der Waals surface area contributed by atoms with E-state index in [0.717, 1.165) is 31.2 Å². The third-order valence-corrected chi connectivity index (χ3v) is 6.35. The maximum Gasteiger partial charge on any atom is 0.261 e. The highest BCUT2D eigenvalue weighted by atomic mass is 19.1. The molecule has 0 aliphatic heterocycles. The van der Waals surface area contributed by atoms with Crippen molar-refractivity contribution in [3.05, 3.63) is 68.9 Å². The van der Waals surface area contributed by atoms with Crippen LogP contribution in [0.15, 0.2) is 35.1 Å². The number of benzene rings is 1. The van der Waals surface area contributed by atoms with Crippen LogP contribution in [0, 0.1) is 17.2 Å². The second kappa shape index (κ2) is 7.82. The van der Waals surface area contributed by atoms with Crippen molar-refractivity contribution in [2.75, 3.05) is 0 Å². The van der Waals surface area contributed by atoms with Gasteiger partial charge in [0.15, 0.2) is 5.78 Å². The third-order valence-electron chi connectivity index (χ3n) is 6.35. The summed E-state index contributed by atoms with van der Waals surface area (Å²) in [5.41, 5.74) is 1.10. The van der Waals surface area contributed by atoms with Crippen LogP contribution >= 0.6 is 0 Å². The van der Waals surface area contributed by atoms with Crippen molar-refractivity contribution in [3.63, 3.8) is 0 Å². The van der Waals surface area contributed by atoms with Crippen molar-refractivity contribution in [3.8, 4) is 0 Å². The molecule has 1 atom stereocenters. The highest BCUT2D eigenvalue weighted by molar-refractivity contribution is 6.02. The van der Waals surface area contributed by atoms with E-state index in [1.165, 1.54) is 18.2 Å². The number of Topliss-reactive ketones (excluding diaryl/α,β-unsaturated/α-hetero) is 1. The van der Waals surface area contributed by atoms with Gasteiger partial charge in [-0.05, 0) is 54.4 Å². The van der Waals surface area contributed by atoms with Crippen LogP contribution in [0.1, 0.15) is 84.0 Å². The van der Waals surface area contributed by atoms with Crippen molar-refractivity contribution in [1.82, 2.24) is 10.3 Å². The van der Waals surface area contributed by atoms with Crippen LogP contribution < -0.4 is 10.9 Å². The molecule has 1 aromatic carbocycles. The fourth-order valence-electron chi connectivity index (χ4n) is 4.85. The molecule has 1 amide bonds. The molecular formula is C24H27FN2O3. The van der Waals surface area contributed by atoms with Crippen LogP contribution in [0.25, 0.3) is 0 Å². The van der Waals surface area contributed by atoms with Gasteiger partial charge in [0, 0.05) is 17.7 Å². The smallest absolute Gasteiger partial charge is 0.261 e. The fourth-order valence-corrected chi connectivity index (χ4v) is 4.85. The van der Waals surface area contributed by atoms with E-state index in [0.29, 0.717) is 24.1 Å². The molecule has 2 N–H and O–H groups in total. The second-order valence-electron chi connectivity index (χ2n) is 9.39. The molecule has 5 nitrogen and oxygen atoms in total. The average molecular weight is 410 g/mol. The molecule has 2 aliphatic rings. The Bertz CT molecular complexity index is 1030. The summed E-state index contributed by atoms with van der Waals surface area (Å²) in [5.74, 6) is -0.656. The summed E-state index contributed by atoms with van der Waals surface area (Å²) in [7, 11) is 0. The van der Waals surface area contributed by atoms with E-state index in [9.17, 15) is 18.8 Å². The molecular weight excluding hydrogens is 383 g/mol. The van der Waals surface area contributed by atoms with Gasteiger partial charge in [0.05, 0.1) is 6.04 Å². The number of hydrogen-bond acceptors (Lipinski definition) is 3. The first-order chi connectivity index (χ1) is 14.2. The molecule has 1 fully saturated rings. The normalized spacial score (nSPS) is 19.4. The number of nitrogens with one attached hydrogen (secondary N) is 2. The number of aromatic nitrogens is 1. The summed E-state index contributed by atoms with van der Waals surface area (Å²) >= 11 is 0. The quantitative estimate of drug-likeness (QED) is 0.787. The van der Waals surface area contributed by atoms with Crippen molar-refractivity contribution < 1.29 is 14.0 Å². The standard InChI is InChI=1S/C24H27FN2O3/c1-24(2)12-19-17(20(28)13-24)11-18(22(29)26-19)23(30)27-21(14-5-3-4-6-14)15-7-9-16(25)10-8-15/h7-11,14,21H,3-6,12-13H2,1-2H3,(H,26,29)(H,27,30). The molecule has 2 aromatic rings. The Morgan fingerprint density at radius 3 is 2.47 bits per heavy atom. The van der Waals surface area contributed by atoms with Crippen LogP contribution in [0.3, 0.4) is 0 Å². The van der Waals surface area contributed by atoms with E-state index in [1.54, 1.807) is 12.1 Å². The van der Waals surface area contributed by atoms with Crippen LogP contribution in [0.2, 0.25) is 0 Å². The first kappa shape index (κ1) is 20.5. The van der Waals surface area contributed by atoms with Gasteiger partial charge < -0.3 is 10.3 Å². The lowest BCUT2D eigenvalue weighted by atomic mass is 9.75. The number of hydrogen-bond donors (Lipinski definition) is 2. The summed E-state index contributed by atoms with van der Waals surface area (Å²) in [4.78, 5) is 41.1. The topological polar surface area (TPSA) is 79.0 Å². The maximum absolute atomic E-state index is 13.4. The zero-order chi connectivity index (χ0) is 21.5. The van der Waals surface area contributed by atoms with Gasteiger partial charge in [0.2, 0.25) is 0 Å². The van der Waals surface area contributed by atoms with Crippen LogP contribution in [0.4, 0.5) is 4.39 Å². The van der Waals surface area contributed by atoms with Gasteiger partial charge >= 0.3 is 0 Å². The Kier molecular flexibility index (Phi) is 5.35. The predicted octanol–water partition coefficient (Wildman–Crippen LogP) is 4.33. The minimum atomic E-state index is -0.502. The molecule has 1 unspecified atom stereocenters. The largest absolute Gasteiger partial charge is 0.345 e. The lowest BCUT2D eigenvalue weighted by Crippen LogP contribution is -2.37. The third kappa shape index (κ3) is 4.09. The van der Waals surface area contributed by atoms with Gasteiger partial charge in [-0.25, -0.2) is 4.39 Å². The first-order valence-corrected chi connectivity index (χ1v) is 10.6. The highest BCUT2D eigenvalue weighted by Gasteiger charge is 2.33. The van der Waals surface area contributed by atoms with Gasteiger partial charge in [-0.15, -0.1) is 0 Å². The minimum Gasteiger partial charge on any atom is -0.345 e. The SMILES string of the molecule is CC1(C)CC(=O)c2cc(C(=O)NC(c3ccc(F)cc3)C3CCCC3)c(=O)[nH]c2C1. The van der Waals surface area contributed by atoms with E-state index in [4.69, 9.17) is 0 Å². The predicted molar refractivity (Wildman–Crippen MR) is 112 cm³/mol. The molecule has 0 radical (unpaired) electrons. The monoisotopic (exact) mass is 410 g/mol. The van der Waals surface area contributed by atoms with Crippen molar-refractivity contribution >= 4 is 11.7 Å². The first-order valence-electron chi connectivity index (χ1n) is 10.6. The zero-order valence-electron chi connectivity index (χ0n) is 17.4. The Morgan fingerprint density at radius 1 is 1.13 bits per heavy atom. The molecule has 0 saturated heterocycles. The van der Waals surface area contributed by atoms with E-state index in [-0.39, 0.29) is 34.5 Å². The molecule has 1 aromatic heterocycles. The van der Waals surface area contributed by atoms with E-state index < -0.39 is 11.5 Å². The number of carbonyl (C=O) groups is 2. The van der Waals surface area contributed by atoms with Crippen LogP contribution in [0.5, 0.6) is 0 Å². The number of amides is 1. The second-order valence-corrected chi connectivity index (χ2v) is 9.39. The van der Waals surface area contributed by atoms with Gasteiger partial charge in [-0.1, -0.05) is 38.8 Å². The lowest BCUT2D eigenvalue weighted by molar-refractivity contribution is 0.0910. The number of pyridine rings is 1. The number of halogens is 1. The summed E-state index contributed by atoms with van der Waals surface area (Å²) in [6.07, 6.45) is 5.08. The Labute approximate surface area is 175 Å². The molecule has 6 heteroatoms. The number of aromatic amines is 1. The van der Waals surface area contributed by atoms with Crippen LogP contribution in [-0.2, 0) is 6.42 Å². The molecule has 30 heavy (non-hydrogen) atoms. The Hall–Kier alpha value is -2.76. The zero-order valence-corrected chi connectivity index (χ0v) is 17.4. The van der Waals surface area contributed by atoms with Gasteiger partial charge in [0.25, 0.3) is 11.5 Å². The molecule has 2 aliphatic carbocycles. The minimum absolute atomic E-state index is 0.0492. The number of rotatable bonds is 4. The van der Waals surface area contributed by atoms with Gasteiger partial charge in [-0.3, -0.25) is 14.4 Å². The molecule has 1 heterocycles. The maximum atomic E-state index is 13.4. The highest BCUT2D eigenvalue weighted by Crippen LogP contribution is 2.36. The average Bonchev–Trinajstić information content (AvgIpc) is 3.20. The van der Waals surface area contributed by atoms with Gasteiger partial charge in [0.1, 0.15) is 11.4 Å². The van der Waals surface area contributed by atoms with Crippen molar-refractivity contribution in [1.29, 1.82) is 0 Å². The molecule has 0 bridgehead atoms. The van der Waals surface area contributed by atoms with Crippen LogP contribution in [-0.4, -0.2) is 16.7 Å². The summed E-state index contributed by atoms with van der Waals surface area (Å²) in [6, 6.07) is 7.27.